The quantitative estimate of drug-likeness (QED) is 0.892. The molecule has 3 N–H and O–H groups in total. The summed E-state index contributed by atoms with van der Waals surface area (Å²) >= 11 is 0. The minimum atomic E-state index is -0.422. The molecule has 1 aliphatic heterocycles. The van der Waals surface area contributed by atoms with Gasteiger partial charge in [0, 0.05) is 25.2 Å². The van der Waals surface area contributed by atoms with Gasteiger partial charge in [-0.1, -0.05) is 12.1 Å². The van der Waals surface area contributed by atoms with Gasteiger partial charge in [-0.3, -0.25) is 9.59 Å². The fourth-order valence-electron chi connectivity index (χ4n) is 2.91. The number of piperidine rings is 1. The average molecular weight is 342 g/mol. The number of primary amides is 1. The first-order valence-corrected chi connectivity index (χ1v) is 8.11. The number of halogens is 1. The Bertz CT molecular complexity index is 788. The highest BCUT2D eigenvalue weighted by Crippen LogP contribution is 2.24. The van der Waals surface area contributed by atoms with E-state index in [4.69, 9.17) is 5.73 Å². The van der Waals surface area contributed by atoms with Crippen molar-refractivity contribution in [3.8, 4) is 0 Å². The van der Waals surface area contributed by atoms with E-state index in [1.165, 1.54) is 6.07 Å². The second kappa shape index (κ2) is 7.29. The van der Waals surface area contributed by atoms with E-state index in [-0.39, 0.29) is 23.4 Å². The summed E-state index contributed by atoms with van der Waals surface area (Å²) < 4.78 is 13.9. The summed E-state index contributed by atoms with van der Waals surface area (Å²) in [6, 6.07) is 9.52. The number of anilines is 2. The van der Waals surface area contributed by atoms with Crippen molar-refractivity contribution < 1.29 is 14.0 Å². The Morgan fingerprint density at radius 2 is 1.88 bits per heavy atom. The Kier molecular flexibility index (Phi) is 4.92. The molecule has 1 aliphatic rings. The number of hydrogen-bond acceptors (Lipinski definition) is 4. The molecule has 6 nitrogen and oxygen atoms in total. The number of nitrogens with one attached hydrogen (secondary N) is 1. The highest BCUT2D eigenvalue weighted by atomic mass is 19.1. The first kappa shape index (κ1) is 16.9. The molecule has 2 amide bonds. The third-order valence-electron chi connectivity index (χ3n) is 4.35. The van der Waals surface area contributed by atoms with E-state index in [9.17, 15) is 14.0 Å². The van der Waals surface area contributed by atoms with Crippen LogP contribution in [0.25, 0.3) is 0 Å². The molecule has 0 atom stereocenters. The van der Waals surface area contributed by atoms with E-state index < -0.39 is 5.82 Å². The maximum atomic E-state index is 13.9. The Labute approximate surface area is 144 Å². The van der Waals surface area contributed by atoms with Crippen LogP contribution in [0, 0.1) is 11.7 Å². The van der Waals surface area contributed by atoms with Crippen molar-refractivity contribution in [3.63, 3.8) is 0 Å². The van der Waals surface area contributed by atoms with Crippen molar-refractivity contribution >= 4 is 23.3 Å². The highest BCUT2D eigenvalue weighted by Gasteiger charge is 2.27. The van der Waals surface area contributed by atoms with Crippen LogP contribution in [0.5, 0.6) is 0 Å². The second-order valence-electron chi connectivity index (χ2n) is 5.97. The SMILES string of the molecule is NC(=O)C1CCN(C(=O)c2cccnc2Nc2ccccc2F)CC1. The monoisotopic (exact) mass is 342 g/mol. The number of aromatic nitrogens is 1. The third kappa shape index (κ3) is 3.76. The van der Waals surface area contributed by atoms with Gasteiger partial charge in [0.15, 0.2) is 0 Å². The summed E-state index contributed by atoms with van der Waals surface area (Å²) in [6.07, 6.45) is 2.65. The minimum Gasteiger partial charge on any atom is -0.369 e. The molecule has 130 valence electrons. The first-order chi connectivity index (χ1) is 12.1. The normalized spacial score (nSPS) is 15.0. The highest BCUT2D eigenvalue weighted by molar-refractivity contribution is 5.99. The van der Waals surface area contributed by atoms with Crippen LogP contribution >= 0.6 is 0 Å². The van der Waals surface area contributed by atoms with Crippen LogP contribution in [-0.4, -0.2) is 34.8 Å². The van der Waals surface area contributed by atoms with E-state index in [0.29, 0.717) is 37.3 Å². The predicted octanol–water partition coefficient (Wildman–Crippen LogP) is 2.30. The van der Waals surface area contributed by atoms with Gasteiger partial charge in [-0.25, -0.2) is 9.37 Å². The Balaban J connectivity index is 1.78. The number of hydrogen-bond donors (Lipinski definition) is 2. The largest absolute Gasteiger partial charge is 0.369 e. The number of nitrogens with zero attached hydrogens (tertiary/aromatic N) is 2. The molecule has 0 unspecified atom stereocenters. The van der Waals surface area contributed by atoms with Crippen LogP contribution in [0.1, 0.15) is 23.2 Å². The lowest BCUT2D eigenvalue weighted by molar-refractivity contribution is -0.123. The third-order valence-corrected chi connectivity index (χ3v) is 4.35. The van der Waals surface area contributed by atoms with Gasteiger partial charge in [-0.15, -0.1) is 0 Å². The Hall–Kier alpha value is -2.96. The van der Waals surface area contributed by atoms with Crippen molar-refractivity contribution in [1.29, 1.82) is 0 Å². The van der Waals surface area contributed by atoms with Gasteiger partial charge in [0.05, 0.1) is 11.3 Å². The fourth-order valence-corrected chi connectivity index (χ4v) is 2.91. The van der Waals surface area contributed by atoms with E-state index in [1.54, 1.807) is 41.4 Å². The van der Waals surface area contributed by atoms with Crippen molar-refractivity contribution in [3.05, 3.63) is 54.0 Å². The van der Waals surface area contributed by atoms with Crippen LogP contribution in [-0.2, 0) is 4.79 Å². The summed E-state index contributed by atoms with van der Waals surface area (Å²) in [5, 5.41) is 2.88. The number of likely N-dealkylation sites (tertiary alicyclic amines) is 1. The molecule has 3 rings (SSSR count). The molecule has 25 heavy (non-hydrogen) atoms. The number of carbonyl (C=O) groups excluding carboxylic acids is 2. The van der Waals surface area contributed by atoms with Crippen LogP contribution in [0.2, 0.25) is 0 Å². The molecule has 0 bridgehead atoms. The van der Waals surface area contributed by atoms with Gasteiger partial charge < -0.3 is 16.0 Å². The van der Waals surface area contributed by atoms with E-state index in [2.05, 4.69) is 10.3 Å². The van der Waals surface area contributed by atoms with Crippen LogP contribution in [0.4, 0.5) is 15.9 Å². The molecule has 1 aromatic carbocycles. The van der Waals surface area contributed by atoms with Gasteiger partial charge >= 0.3 is 0 Å². The predicted molar refractivity (Wildman–Crippen MR) is 91.7 cm³/mol. The zero-order chi connectivity index (χ0) is 17.8. The number of rotatable bonds is 4. The molecule has 0 aliphatic carbocycles. The summed E-state index contributed by atoms with van der Waals surface area (Å²) in [4.78, 5) is 29.9. The van der Waals surface area contributed by atoms with Crippen molar-refractivity contribution in [1.82, 2.24) is 9.88 Å². The molecule has 1 aromatic heterocycles. The zero-order valence-corrected chi connectivity index (χ0v) is 13.6. The summed E-state index contributed by atoms with van der Waals surface area (Å²) in [5.74, 6) is -0.831. The van der Waals surface area contributed by atoms with E-state index in [1.807, 2.05) is 0 Å². The molecule has 0 spiro atoms. The smallest absolute Gasteiger partial charge is 0.257 e. The van der Waals surface area contributed by atoms with Gasteiger partial charge in [0.2, 0.25) is 5.91 Å². The second-order valence-corrected chi connectivity index (χ2v) is 5.97. The lowest BCUT2D eigenvalue weighted by Crippen LogP contribution is -2.41. The molecule has 7 heteroatoms. The fraction of sp³-hybridized carbons (Fsp3) is 0.278. The molecular weight excluding hydrogens is 323 g/mol. The number of carbonyl (C=O) groups is 2. The van der Waals surface area contributed by atoms with E-state index >= 15 is 0 Å². The molecular formula is C18H19FN4O2. The van der Waals surface area contributed by atoms with Crippen LogP contribution < -0.4 is 11.1 Å². The summed E-state index contributed by atoms with van der Waals surface area (Å²) in [6.45, 7) is 0.918. The lowest BCUT2D eigenvalue weighted by Gasteiger charge is -2.31. The molecule has 0 radical (unpaired) electrons. The van der Waals surface area contributed by atoms with Gasteiger partial charge in [-0.2, -0.15) is 0 Å². The summed E-state index contributed by atoms with van der Waals surface area (Å²) in [5.41, 5.74) is 5.94. The average Bonchev–Trinajstić information content (AvgIpc) is 2.63. The van der Waals surface area contributed by atoms with Crippen molar-refractivity contribution in [2.75, 3.05) is 18.4 Å². The zero-order valence-electron chi connectivity index (χ0n) is 13.6. The van der Waals surface area contributed by atoms with Crippen LogP contribution in [0.3, 0.4) is 0 Å². The van der Waals surface area contributed by atoms with Crippen molar-refractivity contribution in [2.45, 2.75) is 12.8 Å². The van der Waals surface area contributed by atoms with Gasteiger partial charge in [0.25, 0.3) is 5.91 Å². The Morgan fingerprint density at radius 3 is 2.56 bits per heavy atom. The van der Waals surface area contributed by atoms with Gasteiger partial charge in [0.1, 0.15) is 11.6 Å². The molecule has 1 fully saturated rings. The Morgan fingerprint density at radius 1 is 1.16 bits per heavy atom. The molecule has 0 saturated carbocycles. The standard InChI is InChI=1S/C18H19FN4O2/c19-14-5-1-2-6-15(14)22-17-13(4-3-9-21-17)18(25)23-10-7-12(8-11-23)16(20)24/h1-6,9,12H,7-8,10-11H2,(H2,20,24)(H,21,22). The number of benzene rings is 1. The summed E-state index contributed by atoms with van der Waals surface area (Å²) in [7, 11) is 0. The topological polar surface area (TPSA) is 88.3 Å². The number of pyridine rings is 1. The number of amides is 2. The lowest BCUT2D eigenvalue weighted by atomic mass is 9.96. The number of nitrogens with two attached hydrogens (primary N) is 1. The van der Waals surface area contributed by atoms with Crippen LogP contribution in [0.15, 0.2) is 42.6 Å². The van der Waals surface area contributed by atoms with E-state index in [0.717, 1.165) is 0 Å². The van der Waals surface area contributed by atoms with Gasteiger partial charge in [-0.05, 0) is 37.1 Å². The molecule has 2 heterocycles. The number of para-hydroxylation sites is 1. The molecule has 2 aromatic rings. The minimum absolute atomic E-state index is 0.186. The molecule has 1 saturated heterocycles. The first-order valence-electron chi connectivity index (χ1n) is 8.11. The maximum absolute atomic E-state index is 13.9. The van der Waals surface area contributed by atoms with Crippen molar-refractivity contribution in [2.24, 2.45) is 11.7 Å². The maximum Gasteiger partial charge on any atom is 0.257 e.